The Morgan fingerprint density at radius 1 is 1.08 bits per heavy atom. The van der Waals surface area contributed by atoms with Gasteiger partial charge in [-0.2, -0.15) is 0 Å². The fourth-order valence-electron chi connectivity index (χ4n) is 0. The van der Waals surface area contributed by atoms with E-state index in [4.69, 9.17) is 15.7 Å². The van der Waals surface area contributed by atoms with E-state index < -0.39 is 13.0 Å². The van der Waals surface area contributed by atoms with Gasteiger partial charge in [0.15, 0.2) is 0 Å². The van der Waals surface area contributed by atoms with Gasteiger partial charge in [-0.15, -0.1) is 24.8 Å². The van der Waals surface area contributed by atoms with Crippen molar-refractivity contribution >= 4 is 134 Å². The third-order valence-corrected chi connectivity index (χ3v) is 0. The summed E-state index contributed by atoms with van der Waals surface area (Å²) in [4.78, 5) is 0. The summed E-state index contributed by atoms with van der Waals surface area (Å²) >= 11 is -4.62. The molecule has 0 aromatic carbocycles. The average Bonchev–Trinajstić information content (AvgIpc) is 1.27. The quantitative estimate of drug-likeness (QED) is 0.502. The van der Waals surface area contributed by atoms with Crippen molar-refractivity contribution in [2.45, 2.75) is 0 Å². The molecule has 0 aliphatic rings. The predicted octanol–water partition coefficient (Wildman–Crippen LogP) is -0.263. The Bertz CT molecular complexity index is 163. The molecular formula is H6CaCl4CuKMn2O4. The molecule has 0 aliphatic carbocycles. The fourth-order valence-corrected chi connectivity index (χ4v) is 0. The van der Waals surface area contributed by atoms with Gasteiger partial charge in [-0.3, -0.25) is 0 Å². The zero-order chi connectivity index (χ0) is 7.21. The van der Waals surface area contributed by atoms with Crippen molar-refractivity contribution in [3.63, 3.8) is 0 Å². The van der Waals surface area contributed by atoms with E-state index in [1.54, 1.807) is 0 Å². The summed E-state index contributed by atoms with van der Waals surface area (Å²) in [6.07, 6.45) is 0. The van der Waals surface area contributed by atoms with Crippen LogP contribution in [0.5, 0.6) is 0 Å². The zero-order valence-electron chi connectivity index (χ0n) is 4.30. The molecule has 0 amide bonds. The van der Waals surface area contributed by atoms with E-state index in [2.05, 4.69) is 20.2 Å². The van der Waals surface area contributed by atoms with Crippen molar-refractivity contribution in [1.29, 1.82) is 0 Å². The van der Waals surface area contributed by atoms with Crippen LogP contribution in [0.3, 0.4) is 0 Å². The average molecular weight is 464 g/mol. The summed E-state index contributed by atoms with van der Waals surface area (Å²) in [7, 11) is 9.34. The van der Waals surface area contributed by atoms with E-state index in [0.29, 0.717) is 0 Å². The van der Waals surface area contributed by atoms with Gasteiger partial charge in [0, 0.05) is 17.1 Å². The molecule has 0 saturated carbocycles. The van der Waals surface area contributed by atoms with Gasteiger partial charge in [0.05, 0.1) is 0 Å². The molecule has 0 atom stereocenters. The number of halogens is 4. The minimum absolute atomic E-state index is 0. The van der Waals surface area contributed by atoms with E-state index >= 15 is 0 Å². The van der Waals surface area contributed by atoms with E-state index in [9.17, 15) is 0 Å². The van der Waals surface area contributed by atoms with Crippen molar-refractivity contribution in [3.05, 3.63) is 0 Å². The van der Waals surface area contributed by atoms with Crippen LogP contribution in [0.25, 0.3) is 0 Å². The van der Waals surface area contributed by atoms with E-state index in [1.165, 1.54) is 0 Å². The molecule has 0 aliphatic heterocycles. The Hall–Kier alpha value is 4.97. The predicted molar refractivity (Wildman–Crippen MR) is 46.2 cm³/mol. The third-order valence-electron chi connectivity index (χ3n) is 0. The number of hydrogen-bond acceptors (Lipinski definition) is 3. The molecule has 0 fully saturated rings. The fraction of sp³-hybridized carbons (Fsp3) is 0. The van der Waals surface area contributed by atoms with Gasteiger partial charge in [0.25, 0.3) is 0 Å². The first-order valence-electron chi connectivity index (χ1n) is 0.860. The Kier molecular flexibility index (Phi) is 99.9. The Balaban J connectivity index is -0.00000000840. The summed E-state index contributed by atoms with van der Waals surface area (Å²) in [6.45, 7) is 0. The molecule has 0 aromatic heterocycles. The summed E-state index contributed by atoms with van der Waals surface area (Å²) in [5.41, 5.74) is 0. The molecule has 0 heterocycles. The summed E-state index contributed by atoms with van der Waals surface area (Å²) < 4.78 is 33.1. The molecule has 13 heavy (non-hydrogen) atoms. The van der Waals surface area contributed by atoms with Gasteiger partial charge in [-0.1, -0.05) is 0 Å². The van der Waals surface area contributed by atoms with Crippen molar-refractivity contribution in [3.8, 4) is 0 Å². The van der Waals surface area contributed by atoms with Crippen LogP contribution < -0.4 is 0 Å². The SMILES string of the molecule is Cl.Cl.[CaH2].[Cl][Cu][Cl].[KH].[Mn].[O]=[Mn](=[O])(=[O])[OH]. The summed E-state index contributed by atoms with van der Waals surface area (Å²) in [5.74, 6) is 0. The molecule has 1 N–H and O–H groups in total. The molecule has 13 heteroatoms. The molecule has 0 unspecified atom stereocenters. The van der Waals surface area contributed by atoms with Gasteiger partial charge >= 0.3 is 151 Å². The van der Waals surface area contributed by atoms with Gasteiger partial charge in [-0.25, -0.2) is 0 Å². The molecule has 0 saturated heterocycles. The molecule has 0 rings (SSSR count). The van der Waals surface area contributed by atoms with Crippen LogP contribution in [-0.2, 0) is 54.7 Å². The van der Waals surface area contributed by atoms with Crippen molar-refractivity contribution in [2.24, 2.45) is 0 Å². The molecule has 4 nitrogen and oxygen atoms in total. The van der Waals surface area contributed by atoms with E-state index in [-0.39, 0.29) is 131 Å². The Morgan fingerprint density at radius 2 is 1.08 bits per heavy atom. The second-order valence-corrected chi connectivity index (χ2v) is 3.23. The monoisotopic (exact) mass is 462 g/mol. The first-order valence-corrected chi connectivity index (χ1v) is 5.42. The van der Waals surface area contributed by atoms with Crippen LogP contribution in [0.2, 0.25) is 0 Å². The van der Waals surface area contributed by atoms with Crippen LogP contribution in [0.1, 0.15) is 0 Å². The second-order valence-electron chi connectivity index (χ2n) is 0.439. The maximum absolute atomic E-state index is 8.69. The summed E-state index contributed by atoms with van der Waals surface area (Å²) in [5, 5.41) is 0. The number of rotatable bonds is 0. The van der Waals surface area contributed by atoms with Crippen molar-refractivity contribution in [1.82, 2.24) is 0 Å². The van der Waals surface area contributed by atoms with Crippen LogP contribution in [0.15, 0.2) is 0 Å². The molecular weight excluding hydrogens is 458 g/mol. The molecule has 0 bridgehead atoms. The van der Waals surface area contributed by atoms with Gasteiger partial charge in [0.1, 0.15) is 0 Å². The zero-order valence-corrected chi connectivity index (χ0v) is 10.7. The Labute approximate surface area is 188 Å². The van der Waals surface area contributed by atoms with Crippen molar-refractivity contribution < 1.29 is 58.9 Å². The van der Waals surface area contributed by atoms with E-state index in [0.717, 1.165) is 13.1 Å². The third kappa shape index (κ3) is 154. The first-order chi connectivity index (χ1) is 3.41. The molecule has 0 spiro atoms. The van der Waals surface area contributed by atoms with Crippen LogP contribution >= 0.6 is 45.0 Å². The number of hydrogen-bond donors (Lipinski definition) is 1. The standard InChI is InChI=1S/Ca.4ClH.Cu.K.2Mn.H2O.3O.3H/h;4*1H;;;;;1H2;;;;;;/q;;;;;+2;;;+1;;;;;;;/p-3. The van der Waals surface area contributed by atoms with E-state index in [1.807, 2.05) is 0 Å². The van der Waals surface area contributed by atoms with Gasteiger partial charge in [-0.05, 0) is 0 Å². The van der Waals surface area contributed by atoms with Crippen molar-refractivity contribution in [2.75, 3.05) is 0 Å². The molecule has 0 aromatic rings. The Morgan fingerprint density at radius 3 is 1.08 bits per heavy atom. The van der Waals surface area contributed by atoms with Crippen LogP contribution in [0, 0.1) is 0 Å². The second kappa shape index (κ2) is 30.2. The minimum atomic E-state index is -5.38. The van der Waals surface area contributed by atoms with Gasteiger partial charge in [0.2, 0.25) is 0 Å². The first kappa shape index (κ1) is 43.0. The molecule has 86 valence electrons. The molecule has 1 radical (unpaired) electrons. The maximum atomic E-state index is 8.69. The summed E-state index contributed by atoms with van der Waals surface area (Å²) in [6, 6.07) is 0. The normalized spacial score (nSPS) is 6.08. The van der Waals surface area contributed by atoms with Gasteiger partial charge < -0.3 is 0 Å². The van der Waals surface area contributed by atoms with Crippen LogP contribution in [-0.4, -0.2) is 93.3 Å². The topological polar surface area (TPSA) is 71.4 Å². The van der Waals surface area contributed by atoms with Crippen LogP contribution in [0.4, 0.5) is 0 Å².